The van der Waals surface area contributed by atoms with Crippen molar-refractivity contribution in [3.63, 3.8) is 0 Å². The number of carbonyl (C=O) groups excluding carboxylic acids is 1. The van der Waals surface area contributed by atoms with Crippen LogP contribution in [-0.4, -0.2) is 26.3 Å². The molecule has 7 nitrogen and oxygen atoms in total. The van der Waals surface area contributed by atoms with Gasteiger partial charge in [0.05, 0.1) is 6.20 Å². The number of nitrogens with zero attached hydrogens (tertiary/aromatic N) is 3. The topological polar surface area (TPSA) is 105 Å². The number of pyridine rings is 1. The van der Waals surface area contributed by atoms with Crippen LogP contribution in [0.2, 0.25) is 0 Å². The zero-order valence-corrected chi connectivity index (χ0v) is 13.3. The van der Waals surface area contributed by atoms with Gasteiger partial charge in [-0.3, -0.25) is 9.20 Å². The highest BCUT2D eigenvalue weighted by Gasteiger charge is 2.16. The van der Waals surface area contributed by atoms with Crippen molar-refractivity contribution >= 4 is 23.1 Å². The summed E-state index contributed by atoms with van der Waals surface area (Å²) in [4.78, 5) is 16.9. The molecule has 122 valence electrons. The van der Waals surface area contributed by atoms with Crippen LogP contribution in [0.4, 0.5) is 5.69 Å². The minimum atomic E-state index is -0.281. The predicted molar refractivity (Wildman–Crippen MR) is 91.6 cm³/mol. The quantitative estimate of drug-likeness (QED) is 0.298. The maximum atomic E-state index is 12.7. The Labute approximate surface area is 138 Å². The van der Waals surface area contributed by atoms with Crippen molar-refractivity contribution < 1.29 is 10.0 Å². The van der Waals surface area contributed by atoms with Gasteiger partial charge in [0, 0.05) is 17.4 Å². The molecule has 0 unspecified atom stereocenters. The van der Waals surface area contributed by atoms with Crippen molar-refractivity contribution in [2.75, 3.05) is 5.32 Å². The van der Waals surface area contributed by atoms with Crippen LogP contribution in [0.3, 0.4) is 0 Å². The van der Waals surface area contributed by atoms with Gasteiger partial charge in [-0.2, -0.15) is 0 Å². The number of benzene rings is 1. The molecule has 1 aromatic carbocycles. The molecule has 0 atom stereocenters. The monoisotopic (exact) mass is 323 g/mol. The van der Waals surface area contributed by atoms with E-state index in [4.69, 9.17) is 10.9 Å². The molecule has 3 rings (SSSR count). The van der Waals surface area contributed by atoms with Gasteiger partial charge in [0.25, 0.3) is 5.91 Å². The molecule has 0 aliphatic heterocycles. The summed E-state index contributed by atoms with van der Waals surface area (Å²) in [7, 11) is 0. The molecular formula is C17H17N5O2. The first kappa shape index (κ1) is 15.5. The maximum absolute atomic E-state index is 12.7. The second-order valence-corrected chi connectivity index (χ2v) is 5.44. The van der Waals surface area contributed by atoms with Crippen molar-refractivity contribution in [2.24, 2.45) is 10.9 Å². The highest BCUT2D eigenvalue weighted by Crippen LogP contribution is 2.24. The van der Waals surface area contributed by atoms with E-state index in [9.17, 15) is 4.79 Å². The summed E-state index contributed by atoms with van der Waals surface area (Å²) in [5.41, 5.74) is 9.62. The third-order valence-corrected chi connectivity index (χ3v) is 3.95. The molecule has 0 radical (unpaired) electrons. The van der Waals surface area contributed by atoms with E-state index in [0.29, 0.717) is 22.6 Å². The van der Waals surface area contributed by atoms with E-state index in [1.165, 1.54) is 6.20 Å². The third-order valence-electron chi connectivity index (χ3n) is 3.95. The fraction of sp³-hybridized carbons (Fsp3) is 0.118. The molecule has 7 heteroatoms. The minimum Gasteiger partial charge on any atom is -0.409 e. The van der Waals surface area contributed by atoms with Gasteiger partial charge in [-0.25, -0.2) is 4.98 Å². The summed E-state index contributed by atoms with van der Waals surface area (Å²) >= 11 is 0. The molecule has 24 heavy (non-hydrogen) atoms. The molecule has 2 heterocycles. The van der Waals surface area contributed by atoms with E-state index in [2.05, 4.69) is 15.5 Å². The zero-order valence-electron chi connectivity index (χ0n) is 13.3. The number of rotatable bonds is 3. The number of hydrogen-bond donors (Lipinski definition) is 3. The van der Waals surface area contributed by atoms with Crippen molar-refractivity contribution in [2.45, 2.75) is 13.8 Å². The Kier molecular flexibility index (Phi) is 3.91. The molecule has 4 N–H and O–H groups in total. The van der Waals surface area contributed by atoms with Crippen molar-refractivity contribution in [1.82, 2.24) is 9.38 Å². The Morgan fingerprint density at radius 3 is 2.83 bits per heavy atom. The lowest BCUT2D eigenvalue weighted by Gasteiger charge is -2.14. The highest BCUT2D eigenvalue weighted by atomic mass is 16.4. The second kappa shape index (κ2) is 6.04. The summed E-state index contributed by atoms with van der Waals surface area (Å²) in [6, 6.07) is 9.08. The van der Waals surface area contributed by atoms with Gasteiger partial charge in [-0.15, -0.1) is 0 Å². The van der Waals surface area contributed by atoms with Crippen LogP contribution in [0.15, 0.2) is 47.9 Å². The van der Waals surface area contributed by atoms with Gasteiger partial charge in [-0.1, -0.05) is 23.4 Å². The van der Waals surface area contributed by atoms with Gasteiger partial charge in [0.2, 0.25) is 0 Å². The molecule has 0 fully saturated rings. The number of amidine groups is 1. The maximum Gasteiger partial charge on any atom is 0.274 e. The molecule has 3 aromatic rings. The average Bonchev–Trinajstić information content (AvgIpc) is 3.02. The molecule has 0 aliphatic carbocycles. The fourth-order valence-corrected chi connectivity index (χ4v) is 2.65. The van der Waals surface area contributed by atoms with Crippen LogP contribution in [0, 0.1) is 13.8 Å². The lowest BCUT2D eigenvalue weighted by atomic mass is 10.0. The van der Waals surface area contributed by atoms with Gasteiger partial charge in [0.15, 0.2) is 5.84 Å². The van der Waals surface area contributed by atoms with Crippen LogP contribution in [0.25, 0.3) is 5.65 Å². The lowest BCUT2D eigenvalue weighted by Crippen LogP contribution is -2.19. The lowest BCUT2D eigenvalue weighted by molar-refractivity contribution is 0.102. The molecule has 0 bridgehead atoms. The van der Waals surface area contributed by atoms with E-state index in [-0.39, 0.29) is 11.7 Å². The predicted octanol–water partition coefficient (Wildman–Crippen LogP) is 2.30. The van der Waals surface area contributed by atoms with Gasteiger partial charge < -0.3 is 16.3 Å². The van der Waals surface area contributed by atoms with Crippen LogP contribution in [-0.2, 0) is 0 Å². The summed E-state index contributed by atoms with van der Waals surface area (Å²) in [6.45, 7) is 3.69. The van der Waals surface area contributed by atoms with Gasteiger partial charge in [-0.05, 0) is 37.1 Å². The SMILES string of the molecule is Cc1ccc(C(N)=NO)c(C)c1NC(=O)c1cnc2ccccn12. The van der Waals surface area contributed by atoms with Gasteiger partial charge in [0.1, 0.15) is 11.3 Å². The van der Waals surface area contributed by atoms with E-state index < -0.39 is 0 Å². The largest absolute Gasteiger partial charge is 0.409 e. The zero-order chi connectivity index (χ0) is 17.3. The fourth-order valence-electron chi connectivity index (χ4n) is 2.65. The number of aryl methyl sites for hydroxylation is 1. The Morgan fingerprint density at radius 2 is 2.08 bits per heavy atom. The summed E-state index contributed by atoms with van der Waals surface area (Å²) in [5.74, 6) is -0.283. The Balaban J connectivity index is 2.00. The van der Waals surface area contributed by atoms with Crippen LogP contribution < -0.4 is 11.1 Å². The number of aromatic nitrogens is 2. The number of imidazole rings is 1. The third kappa shape index (κ3) is 2.56. The van der Waals surface area contributed by atoms with Crippen molar-refractivity contribution in [3.05, 3.63) is 65.1 Å². The van der Waals surface area contributed by atoms with E-state index in [1.807, 2.05) is 38.1 Å². The molecular weight excluding hydrogens is 306 g/mol. The number of hydrogen-bond acceptors (Lipinski definition) is 4. The first-order valence-corrected chi connectivity index (χ1v) is 7.34. The normalized spacial score (nSPS) is 11.7. The molecule has 2 aromatic heterocycles. The Hall–Kier alpha value is -3.35. The first-order valence-electron chi connectivity index (χ1n) is 7.34. The van der Waals surface area contributed by atoms with E-state index in [0.717, 1.165) is 11.1 Å². The Bertz CT molecular complexity index is 959. The molecule has 0 saturated heterocycles. The van der Waals surface area contributed by atoms with Crippen LogP contribution in [0.5, 0.6) is 0 Å². The summed E-state index contributed by atoms with van der Waals surface area (Å²) in [6.07, 6.45) is 3.31. The first-order chi connectivity index (χ1) is 11.5. The summed E-state index contributed by atoms with van der Waals surface area (Å²) < 4.78 is 1.72. The standard InChI is InChI=1S/C17H17N5O2/c1-10-6-7-12(16(18)21-24)11(2)15(10)20-17(23)13-9-19-14-5-3-4-8-22(13)14/h3-9,24H,1-2H3,(H2,18,21)(H,20,23). The Morgan fingerprint density at radius 1 is 1.29 bits per heavy atom. The average molecular weight is 323 g/mol. The van der Waals surface area contributed by atoms with Crippen molar-refractivity contribution in [3.8, 4) is 0 Å². The highest BCUT2D eigenvalue weighted by molar-refractivity contribution is 6.06. The van der Waals surface area contributed by atoms with Crippen LogP contribution in [0.1, 0.15) is 27.2 Å². The minimum absolute atomic E-state index is 0.00204. The smallest absolute Gasteiger partial charge is 0.274 e. The molecule has 0 spiro atoms. The number of anilines is 1. The van der Waals surface area contributed by atoms with Gasteiger partial charge >= 0.3 is 0 Å². The van der Waals surface area contributed by atoms with Crippen molar-refractivity contribution in [1.29, 1.82) is 0 Å². The molecule has 1 amide bonds. The number of nitrogens with two attached hydrogens (primary N) is 1. The number of nitrogens with one attached hydrogen (secondary N) is 1. The number of fused-ring (bicyclic) bond motifs is 1. The summed E-state index contributed by atoms with van der Waals surface area (Å²) in [5, 5.41) is 14.8. The van der Waals surface area contributed by atoms with Crippen LogP contribution >= 0.6 is 0 Å². The molecule has 0 aliphatic rings. The second-order valence-electron chi connectivity index (χ2n) is 5.44. The number of carbonyl (C=O) groups is 1. The number of amides is 1. The van der Waals surface area contributed by atoms with E-state index in [1.54, 1.807) is 16.7 Å². The van der Waals surface area contributed by atoms with E-state index >= 15 is 0 Å². The molecule has 0 saturated carbocycles. The number of oxime groups is 1.